The van der Waals surface area contributed by atoms with Crippen LogP contribution in [-0.4, -0.2) is 24.2 Å². The quantitative estimate of drug-likeness (QED) is 0.742. The van der Waals surface area contributed by atoms with E-state index in [1.807, 2.05) is 44.2 Å². The van der Waals surface area contributed by atoms with E-state index in [0.29, 0.717) is 23.5 Å². The molecule has 1 aliphatic rings. The van der Waals surface area contributed by atoms with Gasteiger partial charge in [-0.05, 0) is 51.0 Å². The molecule has 0 radical (unpaired) electrons. The standard InChI is InChI=1S/C20H25N3O2/c1-20(2)13-15(11-12-25-20)23-19(24)16-9-6-10-17(21)18(16)22-14-7-4-3-5-8-14/h3-10,15,22H,11-13,21H2,1-2H3,(H,23,24). The molecule has 1 saturated heterocycles. The molecule has 1 atom stereocenters. The summed E-state index contributed by atoms with van der Waals surface area (Å²) in [5, 5.41) is 6.39. The van der Waals surface area contributed by atoms with E-state index in [1.165, 1.54) is 0 Å². The summed E-state index contributed by atoms with van der Waals surface area (Å²) in [5.41, 5.74) is 8.53. The van der Waals surface area contributed by atoms with E-state index in [-0.39, 0.29) is 17.6 Å². The van der Waals surface area contributed by atoms with Gasteiger partial charge in [0.05, 0.1) is 22.5 Å². The maximum Gasteiger partial charge on any atom is 0.253 e. The summed E-state index contributed by atoms with van der Waals surface area (Å²) < 4.78 is 5.72. The number of anilines is 3. The van der Waals surface area contributed by atoms with Crippen LogP contribution >= 0.6 is 0 Å². The largest absolute Gasteiger partial charge is 0.397 e. The molecule has 0 bridgehead atoms. The van der Waals surface area contributed by atoms with E-state index in [1.54, 1.807) is 18.2 Å². The molecular weight excluding hydrogens is 314 g/mol. The normalized spacial score (nSPS) is 19.2. The zero-order chi connectivity index (χ0) is 17.9. The highest BCUT2D eigenvalue weighted by molar-refractivity contribution is 6.03. The predicted octanol–water partition coefficient (Wildman–Crippen LogP) is 3.70. The van der Waals surface area contributed by atoms with Crippen LogP contribution in [0.1, 0.15) is 37.0 Å². The molecular formula is C20H25N3O2. The summed E-state index contributed by atoms with van der Waals surface area (Å²) in [6.07, 6.45) is 1.61. The molecule has 2 aromatic carbocycles. The van der Waals surface area contributed by atoms with Crippen LogP contribution in [0.4, 0.5) is 17.1 Å². The molecule has 4 N–H and O–H groups in total. The molecule has 0 aromatic heterocycles. The summed E-state index contributed by atoms with van der Waals surface area (Å²) in [7, 11) is 0. The molecule has 5 heteroatoms. The van der Waals surface area contributed by atoms with Gasteiger partial charge in [-0.2, -0.15) is 0 Å². The van der Waals surface area contributed by atoms with Gasteiger partial charge in [-0.1, -0.05) is 24.3 Å². The number of rotatable bonds is 4. The van der Waals surface area contributed by atoms with Gasteiger partial charge >= 0.3 is 0 Å². The van der Waals surface area contributed by atoms with Gasteiger partial charge in [-0.3, -0.25) is 4.79 Å². The van der Waals surface area contributed by atoms with Gasteiger partial charge in [0.25, 0.3) is 5.91 Å². The van der Waals surface area contributed by atoms with E-state index < -0.39 is 0 Å². The molecule has 3 rings (SSSR count). The van der Waals surface area contributed by atoms with Crippen LogP contribution in [-0.2, 0) is 4.74 Å². The molecule has 0 aliphatic carbocycles. The molecule has 0 spiro atoms. The summed E-state index contributed by atoms with van der Waals surface area (Å²) >= 11 is 0. The Hall–Kier alpha value is -2.53. The number of benzene rings is 2. The lowest BCUT2D eigenvalue weighted by molar-refractivity contribution is -0.0615. The van der Waals surface area contributed by atoms with Crippen molar-refractivity contribution in [2.75, 3.05) is 17.7 Å². The van der Waals surface area contributed by atoms with Crippen molar-refractivity contribution >= 4 is 23.0 Å². The number of ether oxygens (including phenoxy) is 1. The summed E-state index contributed by atoms with van der Waals surface area (Å²) in [6, 6.07) is 15.2. The van der Waals surface area contributed by atoms with Crippen LogP contribution in [0.3, 0.4) is 0 Å². The highest BCUT2D eigenvalue weighted by atomic mass is 16.5. The van der Waals surface area contributed by atoms with Crippen LogP contribution in [0.5, 0.6) is 0 Å². The smallest absolute Gasteiger partial charge is 0.253 e. The molecule has 0 saturated carbocycles. The van der Waals surface area contributed by atoms with Crippen LogP contribution in [0.2, 0.25) is 0 Å². The highest BCUT2D eigenvalue weighted by Gasteiger charge is 2.30. The number of hydrogen-bond donors (Lipinski definition) is 3. The fourth-order valence-electron chi connectivity index (χ4n) is 3.18. The SMILES string of the molecule is CC1(C)CC(NC(=O)c2cccc(N)c2Nc2ccccc2)CCO1. The number of hydrogen-bond acceptors (Lipinski definition) is 4. The Bertz CT molecular complexity index is 744. The first-order valence-corrected chi connectivity index (χ1v) is 8.60. The van der Waals surface area contributed by atoms with Crippen molar-refractivity contribution in [1.82, 2.24) is 5.32 Å². The molecule has 25 heavy (non-hydrogen) atoms. The van der Waals surface area contributed by atoms with Gasteiger partial charge < -0.3 is 21.1 Å². The Morgan fingerprint density at radius 2 is 1.92 bits per heavy atom. The van der Waals surface area contributed by atoms with Crippen molar-refractivity contribution in [3.63, 3.8) is 0 Å². The van der Waals surface area contributed by atoms with Crippen molar-refractivity contribution in [2.45, 2.75) is 38.3 Å². The molecule has 1 unspecified atom stereocenters. The summed E-state index contributed by atoms with van der Waals surface area (Å²) in [5.74, 6) is -0.117. The van der Waals surface area contributed by atoms with Crippen LogP contribution in [0.25, 0.3) is 0 Å². The van der Waals surface area contributed by atoms with Crippen molar-refractivity contribution in [3.8, 4) is 0 Å². The zero-order valence-corrected chi connectivity index (χ0v) is 14.7. The molecule has 1 aliphatic heterocycles. The topological polar surface area (TPSA) is 76.4 Å². The van der Waals surface area contributed by atoms with E-state index in [0.717, 1.165) is 18.5 Å². The lowest BCUT2D eigenvalue weighted by atomic mass is 9.93. The van der Waals surface area contributed by atoms with Crippen molar-refractivity contribution < 1.29 is 9.53 Å². The lowest BCUT2D eigenvalue weighted by Gasteiger charge is -2.35. The molecule has 132 valence electrons. The van der Waals surface area contributed by atoms with Gasteiger partial charge in [0.2, 0.25) is 0 Å². The first-order chi connectivity index (χ1) is 11.9. The van der Waals surface area contributed by atoms with E-state index >= 15 is 0 Å². The third-order valence-electron chi connectivity index (χ3n) is 4.42. The maximum absolute atomic E-state index is 12.8. The third kappa shape index (κ3) is 4.31. The summed E-state index contributed by atoms with van der Waals surface area (Å²) in [4.78, 5) is 12.8. The minimum absolute atomic E-state index is 0.0993. The van der Waals surface area contributed by atoms with E-state index in [9.17, 15) is 4.79 Å². The highest BCUT2D eigenvalue weighted by Crippen LogP contribution is 2.28. The summed E-state index contributed by atoms with van der Waals surface area (Å²) in [6.45, 7) is 4.76. The Labute approximate surface area is 148 Å². The molecule has 5 nitrogen and oxygen atoms in total. The Morgan fingerprint density at radius 3 is 2.64 bits per heavy atom. The number of para-hydroxylation sites is 2. The number of nitrogens with one attached hydrogen (secondary N) is 2. The maximum atomic E-state index is 12.8. The minimum atomic E-state index is -0.211. The Morgan fingerprint density at radius 1 is 1.16 bits per heavy atom. The second-order valence-corrected chi connectivity index (χ2v) is 7.03. The van der Waals surface area contributed by atoms with Gasteiger partial charge in [-0.15, -0.1) is 0 Å². The van der Waals surface area contributed by atoms with E-state index in [4.69, 9.17) is 10.5 Å². The van der Waals surface area contributed by atoms with Gasteiger partial charge in [0.15, 0.2) is 0 Å². The van der Waals surface area contributed by atoms with Gasteiger partial charge in [-0.25, -0.2) is 0 Å². The average Bonchev–Trinajstić information content (AvgIpc) is 2.56. The van der Waals surface area contributed by atoms with Gasteiger partial charge in [0.1, 0.15) is 0 Å². The van der Waals surface area contributed by atoms with Gasteiger partial charge in [0, 0.05) is 18.3 Å². The fourth-order valence-corrected chi connectivity index (χ4v) is 3.18. The number of carbonyl (C=O) groups excluding carboxylic acids is 1. The Kier molecular flexibility index (Phi) is 4.95. The molecule has 1 heterocycles. The number of carbonyl (C=O) groups is 1. The first-order valence-electron chi connectivity index (χ1n) is 8.60. The second kappa shape index (κ2) is 7.15. The minimum Gasteiger partial charge on any atom is -0.397 e. The monoisotopic (exact) mass is 339 g/mol. The van der Waals surface area contributed by atoms with Crippen molar-refractivity contribution in [1.29, 1.82) is 0 Å². The van der Waals surface area contributed by atoms with Crippen LogP contribution in [0.15, 0.2) is 48.5 Å². The molecule has 1 fully saturated rings. The second-order valence-electron chi connectivity index (χ2n) is 7.03. The lowest BCUT2D eigenvalue weighted by Crippen LogP contribution is -2.45. The zero-order valence-electron chi connectivity index (χ0n) is 14.7. The molecule has 2 aromatic rings. The van der Waals surface area contributed by atoms with E-state index in [2.05, 4.69) is 10.6 Å². The molecule has 1 amide bonds. The fraction of sp³-hybridized carbons (Fsp3) is 0.350. The van der Waals surface area contributed by atoms with Crippen molar-refractivity contribution in [2.24, 2.45) is 0 Å². The predicted molar refractivity (Wildman–Crippen MR) is 101 cm³/mol. The van der Waals surface area contributed by atoms with Crippen LogP contribution in [0, 0.1) is 0 Å². The number of nitrogen functional groups attached to an aromatic ring is 1. The Balaban J connectivity index is 1.79. The van der Waals surface area contributed by atoms with Crippen molar-refractivity contribution in [3.05, 3.63) is 54.1 Å². The van der Waals surface area contributed by atoms with Crippen LogP contribution < -0.4 is 16.4 Å². The number of nitrogens with two attached hydrogens (primary N) is 1. The third-order valence-corrected chi connectivity index (χ3v) is 4.42. The average molecular weight is 339 g/mol. The number of amides is 1. The first kappa shape index (κ1) is 17.3.